The summed E-state index contributed by atoms with van der Waals surface area (Å²) in [6.07, 6.45) is -2.46. The third-order valence-electron chi connectivity index (χ3n) is 2.42. The molecular weight excluding hydrogens is 380 g/mol. The third-order valence-corrected chi connectivity index (χ3v) is 4.41. The number of nitrogens with zero attached hydrogens (tertiary/aromatic N) is 1. The van der Waals surface area contributed by atoms with E-state index in [-0.39, 0.29) is 4.47 Å². The summed E-state index contributed by atoms with van der Waals surface area (Å²) in [5.41, 5.74) is 0. The van der Waals surface area contributed by atoms with E-state index >= 15 is 0 Å². The molecule has 1 aromatic rings. The molecule has 7 nitrogen and oxygen atoms in total. The van der Waals surface area contributed by atoms with E-state index in [9.17, 15) is 27.3 Å². The van der Waals surface area contributed by atoms with E-state index < -0.39 is 32.1 Å². The number of alkyl halides is 2. The van der Waals surface area contributed by atoms with Crippen molar-refractivity contribution in [2.75, 3.05) is 7.11 Å². The third kappa shape index (κ3) is 3.86. The van der Waals surface area contributed by atoms with Crippen LogP contribution < -0.4 is 4.74 Å². The molecule has 0 unspecified atom stereocenters. The molecule has 1 rings (SSSR count). The van der Waals surface area contributed by atoms with E-state index in [1.165, 1.54) is 13.2 Å². The first-order valence-electron chi connectivity index (χ1n) is 5.31. The monoisotopic (exact) mass is 389 g/mol. The summed E-state index contributed by atoms with van der Waals surface area (Å²) in [4.78, 5) is 7.83. The van der Waals surface area contributed by atoms with E-state index in [4.69, 9.17) is 4.74 Å². The Bertz CT molecular complexity index is 651. The van der Waals surface area contributed by atoms with Gasteiger partial charge in [0.05, 0.1) is 21.4 Å². The number of nitro groups is 1. The van der Waals surface area contributed by atoms with Crippen LogP contribution in [-0.2, 0) is 14.3 Å². The van der Waals surface area contributed by atoms with Crippen molar-refractivity contribution in [1.82, 2.24) is 0 Å². The lowest BCUT2D eigenvalue weighted by molar-refractivity contribution is -0.654. The minimum Gasteiger partial charge on any atom is -0.496 e. The van der Waals surface area contributed by atoms with Crippen molar-refractivity contribution < 1.29 is 31.0 Å². The van der Waals surface area contributed by atoms with Gasteiger partial charge in [0.2, 0.25) is 6.10 Å². The number of benzene rings is 1. The van der Waals surface area contributed by atoms with Crippen molar-refractivity contribution in [3.8, 4) is 5.75 Å². The van der Waals surface area contributed by atoms with Crippen LogP contribution >= 0.6 is 15.9 Å². The van der Waals surface area contributed by atoms with Crippen LogP contribution in [0.5, 0.6) is 5.75 Å². The molecule has 0 aliphatic rings. The molecule has 0 radical (unpaired) electrons. The van der Waals surface area contributed by atoms with Gasteiger partial charge in [0, 0.05) is 0 Å². The topological polar surface area (TPSA) is 95.7 Å². The average Bonchev–Trinajstić information content (AvgIpc) is 2.37. The van der Waals surface area contributed by atoms with E-state index in [1.807, 2.05) is 0 Å². The van der Waals surface area contributed by atoms with E-state index in [0.29, 0.717) is 12.7 Å². The molecule has 0 saturated carbocycles. The highest BCUT2D eigenvalue weighted by Gasteiger charge is 2.53. The maximum absolute atomic E-state index is 13.1. The highest BCUT2D eigenvalue weighted by molar-refractivity contribution is 9.10. The lowest BCUT2D eigenvalue weighted by atomic mass is 10.3. The standard InChI is InChI=1S/C10H10BrF2NO6S/c1-6(10(12,13)14(15)16)20-21(17,18)7-3-4-9(19-2)8(11)5-7/h3-6H,1-2H3/t6-/m1/s1. The Kier molecular flexibility index (Phi) is 5.23. The smallest absolute Gasteiger partial charge is 0.496 e. The SMILES string of the molecule is COc1ccc(S(=O)(=O)O[C@H](C)C(F)(F)[N+](=O)[O-])cc1Br. The summed E-state index contributed by atoms with van der Waals surface area (Å²) in [7, 11) is -3.24. The second-order valence-corrected chi connectivity index (χ2v) is 6.26. The molecular formula is C10H10BrF2NO6S. The molecule has 0 aliphatic heterocycles. The molecule has 0 bridgehead atoms. The predicted molar refractivity (Wildman–Crippen MR) is 70.4 cm³/mol. The van der Waals surface area contributed by atoms with Crippen LogP contribution in [0.15, 0.2) is 27.6 Å². The van der Waals surface area contributed by atoms with Crippen LogP contribution in [0.4, 0.5) is 8.78 Å². The Balaban J connectivity index is 3.07. The second-order valence-electron chi connectivity index (χ2n) is 3.83. The fourth-order valence-electron chi connectivity index (χ4n) is 1.25. The van der Waals surface area contributed by atoms with Crippen LogP contribution in [0.25, 0.3) is 0 Å². The van der Waals surface area contributed by atoms with Crippen molar-refractivity contribution in [3.63, 3.8) is 0 Å². The zero-order chi connectivity index (χ0) is 16.4. The molecule has 0 aliphatic carbocycles. The fourth-order valence-corrected chi connectivity index (χ4v) is 3.05. The van der Waals surface area contributed by atoms with Crippen LogP contribution in [0.2, 0.25) is 0 Å². The molecule has 0 aromatic heterocycles. The minimum atomic E-state index is -4.59. The van der Waals surface area contributed by atoms with Crippen molar-refractivity contribution >= 4 is 26.0 Å². The summed E-state index contributed by atoms with van der Waals surface area (Å²) in [5, 5.41) is 10.2. The first kappa shape index (κ1) is 17.7. The normalized spacial score (nSPS) is 13.8. The Labute approximate surface area is 127 Å². The first-order chi connectivity index (χ1) is 9.52. The number of ether oxygens (including phenoxy) is 1. The molecule has 0 spiro atoms. The lowest BCUT2D eigenvalue weighted by Crippen LogP contribution is -2.41. The highest BCUT2D eigenvalue weighted by Crippen LogP contribution is 2.30. The second kappa shape index (κ2) is 6.20. The van der Waals surface area contributed by atoms with Crippen LogP contribution in [0, 0.1) is 10.1 Å². The number of hydrogen-bond acceptors (Lipinski definition) is 6. The zero-order valence-corrected chi connectivity index (χ0v) is 13.2. The number of hydrogen-bond donors (Lipinski definition) is 0. The van der Waals surface area contributed by atoms with Gasteiger partial charge in [0.15, 0.2) is 0 Å². The largest absolute Gasteiger partial charge is 0.538 e. The Morgan fingerprint density at radius 1 is 1.43 bits per heavy atom. The van der Waals surface area contributed by atoms with Crippen LogP contribution in [-0.4, -0.2) is 32.6 Å². The molecule has 0 fully saturated rings. The van der Waals surface area contributed by atoms with Crippen LogP contribution in [0.3, 0.4) is 0 Å². The van der Waals surface area contributed by atoms with Gasteiger partial charge in [0.1, 0.15) is 5.75 Å². The summed E-state index contributed by atoms with van der Waals surface area (Å²) in [5.74, 6) is 0.317. The van der Waals surface area contributed by atoms with Gasteiger partial charge in [-0.15, -0.1) is 8.78 Å². The van der Waals surface area contributed by atoms with Gasteiger partial charge in [-0.05, 0) is 41.1 Å². The zero-order valence-electron chi connectivity index (χ0n) is 10.7. The summed E-state index contributed by atoms with van der Waals surface area (Å²) in [6.45, 7) is 0.596. The van der Waals surface area contributed by atoms with Gasteiger partial charge < -0.3 is 4.74 Å². The Morgan fingerprint density at radius 3 is 2.43 bits per heavy atom. The van der Waals surface area contributed by atoms with E-state index in [0.717, 1.165) is 12.1 Å². The molecule has 21 heavy (non-hydrogen) atoms. The number of halogens is 3. The summed E-state index contributed by atoms with van der Waals surface area (Å²) in [6, 6.07) is -1.12. The van der Waals surface area contributed by atoms with Crippen LogP contribution in [0.1, 0.15) is 6.92 Å². The van der Waals surface area contributed by atoms with Gasteiger partial charge in [-0.25, -0.2) is 4.18 Å². The molecule has 1 atom stereocenters. The molecule has 0 N–H and O–H groups in total. The van der Waals surface area contributed by atoms with Crippen molar-refractivity contribution in [3.05, 3.63) is 32.8 Å². The van der Waals surface area contributed by atoms with E-state index in [2.05, 4.69) is 20.1 Å². The molecule has 1 aromatic carbocycles. The molecule has 0 saturated heterocycles. The number of rotatable bonds is 6. The molecule has 118 valence electrons. The highest BCUT2D eigenvalue weighted by atomic mass is 79.9. The fraction of sp³-hybridized carbons (Fsp3) is 0.400. The summed E-state index contributed by atoms with van der Waals surface area (Å²) < 4.78 is 59.1. The average molecular weight is 390 g/mol. The van der Waals surface area contributed by atoms with Gasteiger partial charge in [-0.2, -0.15) is 8.42 Å². The maximum Gasteiger partial charge on any atom is 0.538 e. The molecule has 11 heteroatoms. The van der Waals surface area contributed by atoms with Gasteiger partial charge in [-0.3, -0.25) is 10.1 Å². The van der Waals surface area contributed by atoms with Crippen molar-refractivity contribution in [1.29, 1.82) is 0 Å². The molecule has 0 heterocycles. The predicted octanol–water partition coefficient (Wildman–Crippen LogP) is 2.42. The molecule has 0 amide bonds. The number of methoxy groups -OCH3 is 1. The Morgan fingerprint density at radius 2 is 2.00 bits per heavy atom. The lowest BCUT2D eigenvalue weighted by Gasteiger charge is -2.16. The maximum atomic E-state index is 13.1. The van der Waals surface area contributed by atoms with Gasteiger partial charge in [-0.1, -0.05) is 0 Å². The minimum absolute atomic E-state index is 0.253. The first-order valence-corrected chi connectivity index (χ1v) is 7.51. The van der Waals surface area contributed by atoms with Gasteiger partial charge in [0.25, 0.3) is 10.1 Å². The summed E-state index contributed by atoms with van der Waals surface area (Å²) >= 11 is 3.03. The van der Waals surface area contributed by atoms with Crippen molar-refractivity contribution in [2.45, 2.75) is 24.0 Å². The van der Waals surface area contributed by atoms with Crippen molar-refractivity contribution in [2.24, 2.45) is 0 Å². The van der Waals surface area contributed by atoms with Gasteiger partial charge >= 0.3 is 6.05 Å². The Hall–Kier alpha value is -1.33. The van der Waals surface area contributed by atoms with E-state index in [1.54, 1.807) is 0 Å². The quantitative estimate of drug-likeness (QED) is 0.320.